The molecule has 0 saturated heterocycles. The zero-order valence-corrected chi connectivity index (χ0v) is 30.5. The van der Waals surface area contributed by atoms with Crippen LogP contribution in [-0.2, 0) is 51.0 Å². The minimum Gasteiger partial charge on any atom is -0.147 e. The summed E-state index contributed by atoms with van der Waals surface area (Å²) in [5.41, 5.74) is 6.66. The van der Waals surface area contributed by atoms with E-state index in [4.69, 9.17) is 0 Å². The number of hydrogen-bond donors (Lipinski definition) is 4. The third kappa shape index (κ3) is 11.0. The zero-order chi connectivity index (χ0) is 31.4. The van der Waals surface area contributed by atoms with Gasteiger partial charge in [-0.2, -0.15) is 0 Å². The SMILES string of the molecule is CC(C)(C)c1cc(CNC2CCCCC2)c(O)c(C(C)(C)C)c1.CC(C)(C)c1cc(C[NH][Mn])c(O)c(C(C)(C)C)c1.Cl. The molecule has 6 heteroatoms. The average Bonchev–Trinajstić information content (AvgIpc) is 2.83. The van der Waals surface area contributed by atoms with Gasteiger partial charge in [0.1, 0.15) is 5.75 Å². The molecule has 0 unspecified atom stereocenters. The minimum absolute atomic E-state index is 0. The van der Waals surface area contributed by atoms with E-state index in [9.17, 15) is 10.2 Å². The molecule has 240 valence electrons. The van der Waals surface area contributed by atoms with E-state index < -0.39 is 0 Å². The summed E-state index contributed by atoms with van der Waals surface area (Å²) in [6, 6.07) is 9.21. The molecule has 0 aliphatic heterocycles. The van der Waals surface area contributed by atoms with Gasteiger partial charge in [0.05, 0.1) is 0 Å². The van der Waals surface area contributed by atoms with Crippen molar-refractivity contribution in [1.29, 1.82) is 0 Å². The maximum absolute atomic E-state index is 10.8. The van der Waals surface area contributed by atoms with Gasteiger partial charge in [-0.15, -0.1) is 12.4 Å². The van der Waals surface area contributed by atoms with Gasteiger partial charge in [0.2, 0.25) is 0 Å². The topological polar surface area (TPSA) is 64.5 Å². The molecule has 0 atom stereocenters. The molecule has 4 N–H and O–H groups in total. The molecular formula is C36H60ClMnN2O2. The molecule has 0 heterocycles. The van der Waals surface area contributed by atoms with Gasteiger partial charge in [0.15, 0.2) is 0 Å². The van der Waals surface area contributed by atoms with Gasteiger partial charge in [-0.25, -0.2) is 0 Å². The van der Waals surface area contributed by atoms with E-state index in [-0.39, 0.29) is 34.1 Å². The normalized spacial score (nSPS) is 15.1. The van der Waals surface area contributed by atoms with Gasteiger partial charge in [-0.1, -0.05) is 72.9 Å². The van der Waals surface area contributed by atoms with Gasteiger partial charge in [-0.3, -0.25) is 0 Å². The third-order valence-corrected chi connectivity index (χ3v) is 8.38. The van der Waals surface area contributed by atoms with Crippen LogP contribution in [0.1, 0.15) is 149 Å². The van der Waals surface area contributed by atoms with E-state index in [0.29, 0.717) is 24.1 Å². The minimum atomic E-state index is -0.0631. The Bertz CT molecular complexity index is 1150. The molecule has 0 aromatic heterocycles. The monoisotopic (exact) mass is 642 g/mol. The van der Waals surface area contributed by atoms with Crippen LogP contribution in [0.2, 0.25) is 0 Å². The molecule has 2 aromatic carbocycles. The van der Waals surface area contributed by atoms with Crippen molar-refractivity contribution < 1.29 is 26.4 Å². The van der Waals surface area contributed by atoms with Crippen LogP contribution < -0.4 is 9.65 Å². The second kappa shape index (κ2) is 15.2. The van der Waals surface area contributed by atoms with E-state index in [0.717, 1.165) is 28.8 Å². The van der Waals surface area contributed by atoms with Crippen LogP contribution in [0.15, 0.2) is 24.3 Å². The largest absolute Gasteiger partial charge is 0.147 e. The van der Waals surface area contributed by atoms with E-state index >= 15 is 0 Å². The first-order chi connectivity index (χ1) is 18.7. The Balaban J connectivity index is 0.000000423. The number of nitrogens with one attached hydrogen (secondary N) is 2. The quantitative estimate of drug-likeness (QED) is 0.245. The Kier molecular flexibility index (Phi) is 14.0. The predicted molar refractivity (Wildman–Crippen MR) is 179 cm³/mol. The first-order valence-electron chi connectivity index (χ1n) is 15.5. The van der Waals surface area contributed by atoms with Gasteiger partial charge >= 0.3 is 119 Å². The maximum Gasteiger partial charge on any atom is -0.147 e. The van der Waals surface area contributed by atoms with Crippen molar-refractivity contribution in [2.75, 3.05) is 0 Å². The summed E-state index contributed by atoms with van der Waals surface area (Å²) < 4.78 is 2.93. The number of hydrogen-bond acceptors (Lipinski definition) is 4. The number of phenolic OH excluding ortho intramolecular Hbond substituents is 2. The molecule has 1 aliphatic carbocycles. The molecule has 2 aromatic rings. The summed E-state index contributed by atoms with van der Waals surface area (Å²) >= 11 is 3.21. The fourth-order valence-electron chi connectivity index (χ4n) is 5.30. The Labute approximate surface area is 272 Å². The summed E-state index contributed by atoms with van der Waals surface area (Å²) in [7, 11) is 0. The van der Waals surface area contributed by atoms with E-state index in [2.05, 4.69) is 133 Å². The van der Waals surface area contributed by atoms with E-state index in [1.54, 1.807) is 0 Å². The smallest absolute Gasteiger partial charge is 0.147 e. The van der Waals surface area contributed by atoms with Gasteiger partial charge in [0, 0.05) is 18.2 Å². The number of rotatable bonds is 5. The van der Waals surface area contributed by atoms with Crippen LogP contribution in [0.3, 0.4) is 0 Å². The standard InChI is InChI=1S/C21H35NO.C15H24NO.ClH.Mn/c1-20(2,3)16-12-15(14-22-17-10-8-7-9-11-17)19(23)18(13-16)21(4,5)6;1-14(2,3)11-7-10(9-16)13(17)12(8-11)15(4,5)6;;/h12-13,17,22-23H,7-11,14H2,1-6H3;7-8,16-17H,9H2,1-6H3;1H;/q;-1;;+1. The second-order valence-corrected chi connectivity index (χ2v) is 16.5. The molecule has 0 radical (unpaired) electrons. The van der Waals surface area contributed by atoms with Crippen LogP contribution in [0.25, 0.3) is 0 Å². The van der Waals surface area contributed by atoms with E-state index in [1.165, 1.54) is 43.2 Å². The first kappa shape index (κ1) is 38.8. The van der Waals surface area contributed by atoms with Crippen LogP contribution in [0.4, 0.5) is 0 Å². The average molecular weight is 643 g/mol. The molecule has 1 aliphatic rings. The van der Waals surface area contributed by atoms with Crippen molar-refractivity contribution in [3.05, 3.63) is 57.6 Å². The fourth-order valence-corrected chi connectivity index (χ4v) is 5.53. The van der Waals surface area contributed by atoms with Crippen LogP contribution >= 0.6 is 12.4 Å². The van der Waals surface area contributed by atoms with E-state index in [1.807, 2.05) is 0 Å². The number of halogens is 1. The molecular weight excluding hydrogens is 583 g/mol. The maximum atomic E-state index is 10.8. The third-order valence-electron chi connectivity index (χ3n) is 8.17. The summed E-state index contributed by atoms with van der Waals surface area (Å²) in [5.74, 6) is 0.885. The summed E-state index contributed by atoms with van der Waals surface area (Å²) in [6.45, 7) is 27.6. The molecule has 42 heavy (non-hydrogen) atoms. The Morgan fingerprint density at radius 2 is 1.00 bits per heavy atom. The zero-order valence-electron chi connectivity index (χ0n) is 28.5. The summed E-state index contributed by atoms with van der Waals surface area (Å²) in [5, 5.41) is 24.9. The number of benzene rings is 2. The Hall–Kier alpha value is -1.23. The Morgan fingerprint density at radius 1 is 0.619 bits per heavy atom. The molecule has 1 fully saturated rings. The van der Waals surface area contributed by atoms with Crippen molar-refractivity contribution in [2.45, 2.75) is 156 Å². The summed E-state index contributed by atoms with van der Waals surface area (Å²) in [6.07, 6.45) is 6.58. The van der Waals surface area contributed by atoms with Crippen molar-refractivity contribution >= 4 is 12.4 Å². The van der Waals surface area contributed by atoms with Gasteiger partial charge < -0.3 is 10.4 Å². The van der Waals surface area contributed by atoms with Crippen LogP contribution in [-0.4, -0.2) is 16.3 Å². The number of aromatic hydroxyl groups is 2. The van der Waals surface area contributed by atoms with Crippen LogP contribution in [0.5, 0.6) is 11.5 Å². The molecule has 0 amide bonds. The predicted octanol–water partition coefficient (Wildman–Crippen LogP) is 9.37. The summed E-state index contributed by atoms with van der Waals surface area (Å²) in [4.78, 5) is 0. The molecule has 4 nitrogen and oxygen atoms in total. The molecule has 1 saturated carbocycles. The van der Waals surface area contributed by atoms with Crippen molar-refractivity contribution in [2.24, 2.45) is 0 Å². The molecule has 3 rings (SSSR count). The van der Waals surface area contributed by atoms with Gasteiger partial charge in [-0.05, 0) is 34.8 Å². The second-order valence-electron chi connectivity index (χ2n) is 16.1. The van der Waals surface area contributed by atoms with Crippen LogP contribution in [0, 0.1) is 0 Å². The molecule has 0 spiro atoms. The van der Waals surface area contributed by atoms with Crippen molar-refractivity contribution in [1.82, 2.24) is 9.65 Å². The number of phenols is 2. The van der Waals surface area contributed by atoms with Crippen molar-refractivity contribution in [3.63, 3.8) is 0 Å². The fraction of sp³-hybridized carbons (Fsp3) is 0.667. The van der Waals surface area contributed by atoms with Crippen molar-refractivity contribution in [3.8, 4) is 11.5 Å². The molecule has 0 bridgehead atoms. The first-order valence-corrected chi connectivity index (χ1v) is 16.1. The Morgan fingerprint density at radius 3 is 1.33 bits per heavy atom. The van der Waals surface area contributed by atoms with Gasteiger partial charge in [0.25, 0.3) is 0 Å².